The van der Waals surface area contributed by atoms with Gasteiger partial charge in [-0.05, 0) is 74.3 Å². The van der Waals surface area contributed by atoms with Gasteiger partial charge in [-0.25, -0.2) is 0 Å². The van der Waals surface area contributed by atoms with Gasteiger partial charge in [-0.3, -0.25) is 4.98 Å². The number of hydrogen-bond donors (Lipinski definition) is 1. The maximum atomic E-state index is 5.76. The molecule has 0 bridgehead atoms. The van der Waals surface area contributed by atoms with E-state index >= 15 is 0 Å². The summed E-state index contributed by atoms with van der Waals surface area (Å²) < 4.78 is 2.40. The number of nitrogens with zero attached hydrogens (tertiary/aromatic N) is 3. The second-order valence-corrected chi connectivity index (χ2v) is 8.35. The van der Waals surface area contributed by atoms with Crippen molar-refractivity contribution in [3.05, 3.63) is 82.9 Å². The van der Waals surface area contributed by atoms with E-state index < -0.39 is 0 Å². The third kappa shape index (κ3) is 3.52. The second-order valence-electron chi connectivity index (χ2n) is 7.96. The Labute approximate surface area is 184 Å². The summed E-state index contributed by atoms with van der Waals surface area (Å²) >= 11 is 5.76. The molecule has 1 aromatic carbocycles. The van der Waals surface area contributed by atoms with Crippen molar-refractivity contribution in [2.24, 2.45) is 0 Å². The monoisotopic (exact) mass is 418 g/mol. The molecule has 3 aromatic rings. The quantitative estimate of drug-likeness (QED) is 0.541. The first-order valence-corrected chi connectivity index (χ1v) is 11.2. The summed E-state index contributed by atoms with van der Waals surface area (Å²) in [5, 5.41) is 4.37. The van der Waals surface area contributed by atoms with Crippen molar-refractivity contribution in [2.75, 3.05) is 6.54 Å². The lowest BCUT2D eigenvalue weighted by Crippen LogP contribution is -2.30. The minimum atomic E-state index is 0.0422. The fraction of sp³-hybridized carbons (Fsp3) is 0.360. The molecular formula is C25H30N4S. The first-order valence-electron chi connectivity index (χ1n) is 10.8. The molecule has 30 heavy (non-hydrogen) atoms. The van der Waals surface area contributed by atoms with Gasteiger partial charge >= 0.3 is 0 Å². The van der Waals surface area contributed by atoms with Gasteiger partial charge in [-0.1, -0.05) is 38.1 Å². The summed E-state index contributed by atoms with van der Waals surface area (Å²) in [5.74, 6) is 0. The molecule has 0 radical (unpaired) electrons. The number of thiocarbonyl (C=S) groups is 1. The van der Waals surface area contributed by atoms with Gasteiger partial charge in [0.15, 0.2) is 5.11 Å². The van der Waals surface area contributed by atoms with E-state index in [9.17, 15) is 0 Å². The molecule has 1 N–H and O–H groups in total. The van der Waals surface area contributed by atoms with Gasteiger partial charge in [0.25, 0.3) is 0 Å². The predicted octanol–water partition coefficient (Wildman–Crippen LogP) is 5.43. The Bertz CT molecular complexity index is 1040. The van der Waals surface area contributed by atoms with Crippen molar-refractivity contribution < 1.29 is 0 Å². The normalized spacial score (nSPS) is 18.7. The lowest BCUT2D eigenvalue weighted by molar-refractivity contribution is 0.316. The largest absolute Gasteiger partial charge is 0.352 e. The van der Waals surface area contributed by atoms with Gasteiger partial charge in [-0.2, -0.15) is 0 Å². The standard InChI is InChI=1S/C25H30N4S/c1-5-15-28-24(23(27-25(28)30)21-12-9-10-14-26-21)20-16-17(3)29(18(20)4)22-13-8-7-11-19(22)6-2/h7-14,16,23-24H,5-6,15H2,1-4H3,(H,27,30)/t23-,24+/m0/s1. The minimum Gasteiger partial charge on any atom is -0.352 e. The van der Waals surface area contributed by atoms with Crippen LogP contribution in [0.15, 0.2) is 54.7 Å². The summed E-state index contributed by atoms with van der Waals surface area (Å²) in [6.07, 6.45) is 3.92. The summed E-state index contributed by atoms with van der Waals surface area (Å²) in [6.45, 7) is 9.77. The van der Waals surface area contributed by atoms with Crippen LogP contribution in [0.4, 0.5) is 0 Å². The highest BCUT2D eigenvalue weighted by Gasteiger charge is 2.40. The Morgan fingerprint density at radius 2 is 1.83 bits per heavy atom. The van der Waals surface area contributed by atoms with Gasteiger partial charge in [-0.15, -0.1) is 0 Å². The van der Waals surface area contributed by atoms with E-state index in [1.165, 1.54) is 28.2 Å². The van der Waals surface area contributed by atoms with E-state index in [0.29, 0.717) is 0 Å². The molecule has 1 aliphatic heterocycles. The summed E-state index contributed by atoms with van der Waals surface area (Å²) in [5.41, 5.74) is 7.49. The molecule has 156 valence electrons. The van der Waals surface area contributed by atoms with Crippen LogP contribution in [0.2, 0.25) is 0 Å². The van der Waals surface area contributed by atoms with Crippen LogP contribution >= 0.6 is 12.2 Å². The third-order valence-corrected chi connectivity index (χ3v) is 6.42. The average molecular weight is 419 g/mol. The molecule has 1 saturated heterocycles. The zero-order valence-electron chi connectivity index (χ0n) is 18.2. The highest BCUT2D eigenvalue weighted by atomic mass is 32.1. The topological polar surface area (TPSA) is 33.1 Å². The molecule has 4 nitrogen and oxygen atoms in total. The van der Waals surface area contributed by atoms with Crippen molar-refractivity contribution in [1.82, 2.24) is 19.8 Å². The van der Waals surface area contributed by atoms with Crippen LogP contribution < -0.4 is 5.32 Å². The first-order chi connectivity index (χ1) is 14.6. The van der Waals surface area contributed by atoms with Gasteiger partial charge < -0.3 is 14.8 Å². The van der Waals surface area contributed by atoms with Crippen LogP contribution in [0.25, 0.3) is 5.69 Å². The molecule has 0 saturated carbocycles. The molecule has 4 rings (SSSR count). The second kappa shape index (κ2) is 8.60. The zero-order valence-corrected chi connectivity index (χ0v) is 19.0. The number of hydrogen-bond acceptors (Lipinski definition) is 2. The Hall–Kier alpha value is -2.66. The van der Waals surface area contributed by atoms with Crippen LogP contribution in [0, 0.1) is 13.8 Å². The van der Waals surface area contributed by atoms with Gasteiger partial charge in [0.05, 0.1) is 17.8 Å². The van der Waals surface area contributed by atoms with Crippen LogP contribution in [-0.2, 0) is 6.42 Å². The van der Waals surface area contributed by atoms with Crippen molar-refractivity contribution in [3.63, 3.8) is 0 Å². The van der Waals surface area contributed by atoms with Crippen molar-refractivity contribution in [3.8, 4) is 5.69 Å². The number of benzene rings is 1. The van der Waals surface area contributed by atoms with Crippen LogP contribution in [0.3, 0.4) is 0 Å². The number of pyridine rings is 1. The number of nitrogens with one attached hydrogen (secondary N) is 1. The smallest absolute Gasteiger partial charge is 0.170 e. The Kier molecular flexibility index (Phi) is 5.91. The average Bonchev–Trinajstić information content (AvgIpc) is 3.24. The zero-order chi connectivity index (χ0) is 21.3. The van der Waals surface area contributed by atoms with E-state index in [4.69, 9.17) is 12.2 Å². The fourth-order valence-corrected chi connectivity index (χ4v) is 5.04. The molecule has 0 aliphatic carbocycles. The maximum Gasteiger partial charge on any atom is 0.170 e. The van der Waals surface area contributed by atoms with E-state index in [2.05, 4.69) is 83.9 Å². The van der Waals surface area contributed by atoms with E-state index in [1.54, 1.807) is 0 Å². The third-order valence-electron chi connectivity index (χ3n) is 6.06. The maximum absolute atomic E-state index is 5.76. The SMILES string of the molecule is CCCN1C(=S)N[C@@H](c2ccccn2)[C@H]1c1cc(C)n(-c2ccccc2CC)c1C. The molecule has 1 aliphatic rings. The number of rotatable bonds is 6. The van der Waals surface area contributed by atoms with E-state index in [-0.39, 0.29) is 12.1 Å². The fourth-order valence-electron chi connectivity index (χ4n) is 4.71. The molecule has 0 spiro atoms. The molecule has 2 atom stereocenters. The van der Waals surface area contributed by atoms with Crippen molar-refractivity contribution >= 4 is 17.3 Å². The minimum absolute atomic E-state index is 0.0422. The summed E-state index contributed by atoms with van der Waals surface area (Å²) in [7, 11) is 0. The lowest BCUT2D eigenvalue weighted by Gasteiger charge is -2.28. The van der Waals surface area contributed by atoms with Crippen molar-refractivity contribution in [1.29, 1.82) is 0 Å². The molecular weight excluding hydrogens is 388 g/mol. The molecule has 1 fully saturated rings. The highest BCUT2D eigenvalue weighted by molar-refractivity contribution is 7.80. The predicted molar refractivity (Wildman–Crippen MR) is 127 cm³/mol. The van der Waals surface area contributed by atoms with Crippen LogP contribution in [0.1, 0.15) is 60.6 Å². The Balaban J connectivity index is 1.85. The number of para-hydroxylation sites is 1. The van der Waals surface area contributed by atoms with Gasteiger partial charge in [0.1, 0.15) is 0 Å². The summed E-state index contributed by atoms with van der Waals surface area (Å²) in [4.78, 5) is 6.99. The van der Waals surface area contributed by atoms with Gasteiger partial charge in [0, 0.05) is 29.8 Å². The lowest BCUT2D eigenvalue weighted by atomic mass is 9.96. The Morgan fingerprint density at radius 3 is 2.53 bits per heavy atom. The molecule has 3 heterocycles. The van der Waals surface area contributed by atoms with E-state index in [0.717, 1.165) is 30.2 Å². The Morgan fingerprint density at radius 1 is 1.07 bits per heavy atom. The summed E-state index contributed by atoms with van der Waals surface area (Å²) in [6, 6.07) is 17.3. The highest BCUT2D eigenvalue weighted by Crippen LogP contribution is 2.41. The molecule has 0 amide bonds. The van der Waals surface area contributed by atoms with Crippen molar-refractivity contribution in [2.45, 2.75) is 52.6 Å². The van der Waals surface area contributed by atoms with E-state index in [1.807, 2.05) is 18.3 Å². The molecule has 5 heteroatoms. The van der Waals surface area contributed by atoms with Crippen LogP contribution in [-0.4, -0.2) is 26.1 Å². The number of aromatic nitrogens is 2. The van der Waals surface area contributed by atoms with Crippen LogP contribution in [0.5, 0.6) is 0 Å². The molecule has 0 unspecified atom stereocenters. The first kappa shape index (κ1) is 20.6. The number of aryl methyl sites for hydroxylation is 2. The molecule has 2 aromatic heterocycles. The van der Waals surface area contributed by atoms with Gasteiger partial charge in [0.2, 0.25) is 0 Å².